The Balaban J connectivity index is 2.94. The average Bonchev–Trinajstić information content (AvgIpc) is 2.37. The molecule has 0 atom stereocenters. The van der Waals surface area contributed by atoms with E-state index in [4.69, 9.17) is 9.47 Å². The molecule has 1 aromatic carbocycles. The third-order valence-corrected chi connectivity index (χ3v) is 2.54. The molecule has 0 heterocycles. The van der Waals surface area contributed by atoms with E-state index < -0.39 is 11.7 Å². The molecule has 0 aliphatic rings. The van der Waals surface area contributed by atoms with Gasteiger partial charge in [0.15, 0.2) is 0 Å². The summed E-state index contributed by atoms with van der Waals surface area (Å²) in [6.07, 6.45) is 0. The Kier molecular flexibility index (Phi) is 4.71. The molecule has 0 saturated heterocycles. The van der Waals surface area contributed by atoms with E-state index in [1.807, 2.05) is 0 Å². The Hall–Kier alpha value is -2.04. The van der Waals surface area contributed by atoms with E-state index in [9.17, 15) is 9.59 Å². The van der Waals surface area contributed by atoms with Gasteiger partial charge in [-0.2, -0.15) is 0 Å². The van der Waals surface area contributed by atoms with Crippen LogP contribution in [-0.4, -0.2) is 37.9 Å². The number of ketones is 1. The van der Waals surface area contributed by atoms with E-state index in [-0.39, 0.29) is 0 Å². The van der Waals surface area contributed by atoms with Crippen molar-refractivity contribution < 1.29 is 19.1 Å². The summed E-state index contributed by atoms with van der Waals surface area (Å²) in [7, 11) is 4.69. The summed E-state index contributed by atoms with van der Waals surface area (Å²) in [5.41, 5.74) is 0.786. The van der Waals surface area contributed by atoms with Crippen LogP contribution < -0.4 is 9.47 Å². The SMILES string of the molecule is COc1ccc(OC)c(CN(C)C(=O)C(C)=O)c1. The Bertz CT molecular complexity index is 456. The van der Waals surface area contributed by atoms with Gasteiger partial charge in [-0.15, -0.1) is 0 Å². The summed E-state index contributed by atoms with van der Waals surface area (Å²) in [5, 5.41) is 0. The van der Waals surface area contributed by atoms with Crippen LogP contribution in [0.4, 0.5) is 0 Å². The second-order valence-electron chi connectivity index (χ2n) is 3.90. The Morgan fingerprint density at radius 1 is 1.22 bits per heavy atom. The number of rotatable bonds is 5. The minimum absolute atomic E-state index is 0.290. The van der Waals surface area contributed by atoms with Crippen LogP contribution >= 0.6 is 0 Å². The number of ether oxygens (including phenoxy) is 2. The van der Waals surface area contributed by atoms with Crippen molar-refractivity contribution in [1.82, 2.24) is 4.90 Å². The molecule has 0 N–H and O–H groups in total. The molecule has 0 bridgehead atoms. The lowest BCUT2D eigenvalue weighted by Gasteiger charge is -2.18. The quantitative estimate of drug-likeness (QED) is 0.739. The van der Waals surface area contributed by atoms with Crippen LogP contribution in [0.3, 0.4) is 0 Å². The molecule has 0 aliphatic carbocycles. The Labute approximate surface area is 106 Å². The number of hydrogen-bond donors (Lipinski definition) is 0. The number of likely N-dealkylation sites (N-methyl/N-ethyl adjacent to an activating group) is 1. The molecule has 0 unspecified atom stereocenters. The highest BCUT2D eigenvalue weighted by molar-refractivity contribution is 6.34. The van der Waals surface area contributed by atoms with Crippen molar-refractivity contribution in [3.8, 4) is 11.5 Å². The first-order chi connectivity index (χ1) is 8.49. The predicted octanol–water partition coefficient (Wildman–Crippen LogP) is 1.25. The summed E-state index contributed by atoms with van der Waals surface area (Å²) >= 11 is 0. The lowest BCUT2D eigenvalue weighted by molar-refractivity contribution is -0.143. The molecule has 0 spiro atoms. The van der Waals surface area contributed by atoms with Crippen LogP contribution in [0.5, 0.6) is 11.5 Å². The predicted molar refractivity (Wildman–Crippen MR) is 66.7 cm³/mol. The van der Waals surface area contributed by atoms with Gasteiger partial charge in [-0.3, -0.25) is 9.59 Å². The van der Waals surface area contributed by atoms with Crippen molar-refractivity contribution in [2.75, 3.05) is 21.3 Å². The number of hydrogen-bond acceptors (Lipinski definition) is 4. The van der Waals surface area contributed by atoms with Gasteiger partial charge in [0, 0.05) is 26.1 Å². The van der Waals surface area contributed by atoms with Crippen LogP contribution in [0, 0.1) is 0 Å². The molecule has 1 rings (SSSR count). The molecule has 0 aliphatic heterocycles. The maximum atomic E-state index is 11.5. The van der Waals surface area contributed by atoms with Crippen molar-refractivity contribution in [3.63, 3.8) is 0 Å². The fourth-order valence-corrected chi connectivity index (χ4v) is 1.60. The van der Waals surface area contributed by atoms with E-state index in [1.165, 1.54) is 11.8 Å². The van der Waals surface area contributed by atoms with E-state index in [1.54, 1.807) is 39.5 Å². The van der Waals surface area contributed by atoms with Gasteiger partial charge < -0.3 is 14.4 Å². The highest BCUT2D eigenvalue weighted by atomic mass is 16.5. The van der Waals surface area contributed by atoms with E-state index in [2.05, 4.69) is 0 Å². The fourth-order valence-electron chi connectivity index (χ4n) is 1.60. The fraction of sp³-hybridized carbons (Fsp3) is 0.385. The molecule has 0 aromatic heterocycles. The molecular formula is C13H17NO4. The van der Waals surface area contributed by atoms with Crippen molar-refractivity contribution in [3.05, 3.63) is 23.8 Å². The summed E-state index contributed by atoms with van der Waals surface area (Å²) in [6.45, 7) is 1.54. The van der Waals surface area contributed by atoms with Crippen molar-refractivity contribution >= 4 is 11.7 Å². The van der Waals surface area contributed by atoms with Crippen LogP contribution in [0.2, 0.25) is 0 Å². The third kappa shape index (κ3) is 3.23. The zero-order valence-corrected chi connectivity index (χ0v) is 11.0. The van der Waals surface area contributed by atoms with Gasteiger partial charge in [-0.1, -0.05) is 0 Å². The minimum Gasteiger partial charge on any atom is -0.497 e. The minimum atomic E-state index is -0.528. The monoisotopic (exact) mass is 251 g/mol. The molecule has 5 nitrogen and oxygen atoms in total. The second-order valence-corrected chi connectivity index (χ2v) is 3.90. The molecule has 0 radical (unpaired) electrons. The maximum Gasteiger partial charge on any atom is 0.289 e. The molecule has 0 fully saturated rings. The number of methoxy groups -OCH3 is 2. The number of carbonyl (C=O) groups excluding carboxylic acids is 2. The molecule has 98 valence electrons. The lowest BCUT2D eigenvalue weighted by Crippen LogP contribution is -2.31. The number of amides is 1. The second kappa shape index (κ2) is 6.05. The van der Waals surface area contributed by atoms with Crippen LogP contribution in [-0.2, 0) is 16.1 Å². The molecule has 1 amide bonds. The first-order valence-electron chi connectivity index (χ1n) is 5.46. The Morgan fingerprint density at radius 3 is 2.39 bits per heavy atom. The summed E-state index contributed by atoms with van der Waals surface area (Å²) in [4.78, 5) is 23.9. The van der Waals surface area contributed by atoms with E-state index >= 15 is 0 Å². The largest absolute Gasteiger partial charge is 0.497 e. The van der Waals surface area contributed by atoms with Crippen LogP contribution in [0.15, 0.2) is 18.2 Å². The topological polar surface area (TPSA) is 55.8 Å². The first-order valence-corrected chi connectivity index (χ1v) is 5.46. The van der Waals surface area contributed by atoms with Gasteiger partial charge in [0.05, 0.1) is 14.2 Å². The highest BCUT2D eigenvalue weighted by Crippen LogP contribution is 2.24. The van der Waals surface area contributed by atoms with Gasteiger partial charge in [-0.05, 0) is 18.2 Å². The maximum absolute atomic E-state index is 11.5. The highest BCUT2D eigenvalue weighted by Gasteiger charge is 2.16. The van der Waals surface area contributed by atoms with Crippen molar-refractivity contribution in [1.29, 1.82) is 0 Å². The first kappa shape index (κ1) is 14.0. The average molecular weight is 251 g/mol. The molecule has 18 heavy (non-hydrogen) atoms. The third-order valence-electron chi connectivity index (χ3n) is 2.54. The Morgan fingerprint density at radius 2 is 1.89 bits per heavy atom. The van der Waals surface area contributed by atoms with E-state index in [0.29, 0.717) is 18.0 Å². The summed E-state index contributed by atoms with van der Waals surface area (Å²) in [5.74, 6) is 0.313. The molecular weight excluding hydrogens is 234 g/mol. The number of nitrogens with zero attached hydrogens (tertiary/aromatic N) is 1. The normalized spacial score (nSPS) is 9.78. The van der Waals surface area contributed by atoms with Gasteiger partial charge in [0.25, 0.3) is 5.91 Å². The summed E-state index contributed by atoms with van der Waals surface area (Å²) < 4.78 is 10.3. The van der Waals surface area contributed by atoms with Crippen molar-refractivity contribution in [2.24, 2.45) is 0 Å². The van der Waals surface area contributed by atoms with E-state index in [0.717, 1.165) is 5.56 Å². The van der Waals surface area contributed by atoms with Gasteiger partial charge in [0.2, 0.25) is 5.78 Å². The molecule has 1 aromatic rings. The molecule has 5 heteroatoms. The van der Waals surface area contributed by atoms with Gasteiger partial charge in [-0.25, -0.2) is 0 Å². The lowest BCUT2D eigenvalue weighted by atomic mass is 10.1. The number of carbonyl (C=O) groups is 2. The van der Waals surface area contributed by atoms with Gasteiger partial charge >= 0.3 is 0 Å². The number of Topliss-reactive ketones (excluding diaryl/α,β-unsaturated/α-hetero) is 1. The number of benzene rings is 1. The van der Waals surface area contributed by atoms with Crippen LogP contribution in [0.1, 0.15) is 12.5 Å². The molecule has 0 saturated carbocycles. The van der Waals surface area contributed by atoms with Crippen LogP contribution in [0.25, 0.3) is 0 Å². The smallest absolute Gasteiger partial charge is 0.289 e. The standard InChI is InChI=1S/C13H17NO4/c1-9(15)13(16)14(2)8-10-7-11(17-3)5-6-12(10)18-4/h5-7H,8H2,1-4H3. The zero-order chi connectivity index (χ0) is 13.7. The van der Waals surface area contributed by atoms with Crippen molar-refractivity contribution in [2.45, 2.75) is 13.5 Å². The van der Waals surface area contributed by atoms with Gasteiger partial charge in [0.1, 0.15) is 11.5 Å². The summed E-state index contributed by atoms with van der Waals surface area (Å²) in [6, 6.07) is 5.32. The zero-order valence-electron chi connectivity index (χ0n) is 11.0.